The third-order valence-electron chi connectivity index (χ3n) is 5.44. The van der Waals surface area contributed by atoms with Gasteiger partial charge in [-0.2, -0.15) is 0 Å². The van der Waals surface area contributed by atoms with E-state index in [0.29, 0.717) is 61.3 Å². The summed E-state index contributed by atoms with van der Waals surface area (Å²) in [7, 11) is -2.44. The molecule has 0 saturated carbocycles. The van der Waals surface area contributed by atoms with Gasteiger partial charge in [-0.1, -0.05) is 6.92 Å². The van der Waals surface area contributed by atoms with Crippen LogP contribution in [0.15, 0.2) is 63.9 Å². The van der Waals surface area contributed by atoms with Gasteiger partial charge in [-0.3, -0.25) is 9.52 Å². The second kappa shape index (κ2) is 10.2. The van der Waals surface area contributed by atoms with Crippen LogP contribution in [0.2, 0.25) is 0 Å². The highest BCUT2D eigenvalue weighted by atomic mass is 32.2. The van der Waals surface area contributed by atoms with Crippen molar-refractivity contribution in [2.24, 2.45) is 0 Å². The van der Waals surface area contributed by atoms with Crippen molar-refractivity contribution in [3.63, 3.8) is 0 Å². The van der Waals surface area contributed by atoms with Crippen LogP contribution < -0.4 is 19.7 Å². The molecule has 0 unspecified atom stereocenters. The van der Waals surface area contributed by atoms with Gasteiger partial charge >= 0.3 is 0 Å². The summed E-state index contributed by atoms with van der Waals surface area (Å²) >= 11 is 0. The second-order valence-corrected chi connectivity index (χ2v) is 9.34. The maximum absolute atomic E-state index is 13.4. The Labute approximate surface area is 198 Å². The number of benzene rings is 2. The Balaban J connectivity index is 1.65. The van der Waals surface area contributed by atoms with Crippen molar-refractivity contribution in [3.8, 4) is 5.75 Å². The average Bonchev–Trinajstić information content (AvgIpc) is 3.34. The Morgan fingerprint density at radius 3 is 2.38 bits per heavy atom. The topological polar surface area (TPSA) is 110 Å². The van der Waals surface area contributed by atoms with Crippen molar-refractivity contribution in [2.75, 3.05) is 48.4 Å². The van der Waals surface area contributed by atoms with Crippen LogP contribution in [0.3, 0.4) is 0 Å². The highest BCUT2D eigenvalue weighted by Gasteiger charge is 2.25. The van der Waals surface area contributed by atoms with E-state index in [9.17, 15) is 13.2 Å². The molecule has 1 aliphatic rings. The number of morpholine rings is 1. The fourth-order valence-corrected chi connectivity index (χ4v) is 4.94. The number of carbonyl (C=O) groups is 1. The van der Waals surface area contributed by atoms with Crippen molar-refractivity contribution >= 4 is 33.0 Å². The van der Waals surface area contributed by atoms with E-state index in [1.165, 1.54) is 6.07 Å². The smallest absolute Gasteiger partial charge is 0.291 e. The first-order chi connectivity index (χ1) is 16.4. The lowest BCUT2D eigenvalue weighted by Crippen LogP contribution is -2.37. The van der Waals surface area contributed by atoms with E-state index in [4.69, 9.17) is 13.9 Å². The summed E-state index contributed by atoms with van der Waals surface area (Å²) in [6.07, 6.45) is 0.668. The molecule has 2 N–H and O–H groups in total. The Morgan fingerprint density at radius 1 is 1.03 bits per heavy atom. The third kappa shape index (κ3) is 5.35. The van der Waals surface area contributed by atoms with Gasteiger partial charge in [-0.05, 0) is 54.6 Å². The van der Waals surface area contributed by atoms with Gasteiger partial charge in [0.15, 0.2) is 5.76 Å². The number of nitrogens with zero attached hydrogens (tertiary/aromatic N) is 1. The number of rotatable bonds is 8. The van der Waals surface area contributed by atoms with Gasteiger partial charge < -0.3 is 24.1 Å². The highest BCUT2D eigenvalue weighted by molar-refractivity contribution is 7.92. The normalized spacial score (nSPS) is 14.0. The van der Waals surface area contributed by atoms with Crippen molar-refractivity contribution in [1.82, 2.24) is 0 Å². The fourth-order valence-electron chi connectivity index (χ4n) is 3.62. The number of methoxy groups -OCH3 is 1. The molecule has 0 spiro atoms. The van der Waals surface area contributed by atoms with Crippen LogP contribution in [0.1, 0.15) is 23.2 Å². The van der Waals surface area contributed by atoms with Crippen molar-refractivity contribution in [3.05, 3.63) is 66.1 Å². The third-order valence-corrected chi connectivity index (χ3v) is 6.85. The van der Waals surface area contributed by atoms with Gasteiger partial charge in [0.1, 0.15) is 16.4 Å². The van der Waals surface area contributed by atoms with E-state index in [-0.39, 0.29) is 10.7 Å². The van der Waals surface area contributed by atoms with Gasteiger partial charge in [-0.15, -0.1) is 0 Å². The molecule has 10 heteroatoms. The Kier molecular flexibility index (Phi) is 7.09. The summed E-state index contributed by atoms with van der Waals surface area (Å²) in [4.78, 5) is 14.6. The maximum atomic E-state index is 13.4. The molecule has 0 atom stereocenters. The number of ether oxygens (including phenoxy) is 2. The van der Waals surface area contributed by atoms with Crippen molar-refractivity contribution in [1.29, 1.82) is 0 Å². The second-order valence-electron chi connectivity index (χ2n) is 7.69. The Hall–Kier alpha value is -3.50. The van der Waals surface area contributed by atoms with Crippen LogP contribution in [-0.2, 0) is 21.2 Å². The van der Waals surface area contributed by atoms with Crippen LogP contribution in [0.25, 0.3) is 0 Å². The quantitative estimate of drug-likeness (QED) is 0.500. The molecule has 4 rings (SSSR count). The Morgan fingerprint density at radius 2 is 1.74 bits per heavy atom. The minimum absolute atomic E-state index is 0.0525. The molecule has 34 heavy (non-hydrogen) atoms. The first kappa shape index (κ1) is 23.7. The molecule has 2 heterocycles. The number of nitrogens with one attached hydrogen (secondary N) is 2. The van der Waals surface area contributed by atoms with Crippen LogP contribution in [0.5, 0.6) is 5.75 Å². The van der Waals surface area contributed by atoms with Gasteiger partial charge in [0.2, 0.25) is 0 Å². The minimum atomic E-state index is -3.98. The molecule has 0 radical (unpaired) electrons. The van der Waals surface area contributed by atoms with E-state index in [0.717, 1.165) is 0 Å². The summed E-state index contributed by atoms with van der Waals surface area (Å²) in [6, 6.07) is 14.8. The molecule has 1 aliphatic heterocycles. The van der Waals surface area contributed by atoms with E-state index in [1.54, 1.807) is 55.6 Å². The van der Waals surface area contributed by atoms with E-state index >= 15 is 0 Å². The lowest BCUT2D eigenvalue weighted by atomic mass is 10.2. The molecular weight excluding hydrogens is 458 g/mol. The van der Waals surface area contributed by atoms with Crippen LogP contribution in [0, 0.1) is 0 Å². The van der Waals surface area contributed by atoms with E-state index in [1.807, 2.05) is 11.8 Å². The van der Waals surface area contributed by atoms with Gasteiger partial charge in [0.25, 0.3) is 15.9 Å². The number of anilines is 3. The molecule has 180 valence electrons. The van der Waals surface area contributed by atoms with Crippen LogP contribution >= 0.6 is 0 Å². The molecule has 1 amide bonds. The standard InChI is InChI=1S/C24H27N3O6S/c1-3-19-9-11-22(33-19)24(28)25-18-6-10-21(27-12-14-32-15-13-27)23(16-18)34(29,30)26-17-4-7-20(31-2)8-5-17/h4-11,16,26H,3,12-15H2,1-2H3,(H,25,28). The number of aryl methyl sites for hydroxylation is 1. The van der Waals surface area contributed by atoms with E-state index in [2.05, 4.69) is 10.0 Å². The predicted octanol–water partition coefficient (Wildman–Crippen LogP) is 3.74. The molecule has 1 saturated heterocycles. The SMILES string of the molecule is CCc1ccc(C(=O)Nc2ccc(N3CCOCC3)c(S(=O)(=O)Nc3ccc(OC)cc3)c2)o1. The van der Waals surface area contributed by atoms with Gasteiger partial charge in [0.05, 0.1) is 26.0 Å². The Bertz CT molecular complexity index is 1250. The molecule has 2 aromatic carbocycles. The van der Waals surface area contributed by atoms with Crippen LogP contribution in [0.4, 0.5) is 17.1 Å². The largest absolute Gasteiger partial charge is 0.497 e. The number of furan rings is 1. The van der Waals surface area contributed by atoms with Crippen molar-refractivity contribution < 1.29 is 27.1 Å². The maximum Gasteiger partial charge on any atom is 0.291 e. The fraction of sp³-hybridized carbons (Fsp3) is 0.292. The average molecular weight is 486 g/mol. The molecule has 1 fully saturated rings. The first-order valence-corrected chi connectivity index (χ1v) is 12.4. The zero-order valence-electron chi connectivity index (χ0n) is 19.0. The molecule has 0 aliphatic carbocycles. The zero-order valence-corrected chi connectivity index (χ0v) is 19.9. The molecule has 3 aromatic rings. The lowest BCUT2D eigenvalue weighted by molar-refractivity contribution is 0.0995. The van der Waals surface area contributed by atoms with Gasteiger partial charge in [0, 0.05) is 30.9 Å². The highest BCUT2D eigenvalue weighted by Crippen LogP contribution is 2.31. The lowest BCUT2D eigenvalue weighted by Gasteiger charge is -2.30. The first-order valence-electron chi connectivity index (χ1n) is 10.9. The molecule has 9 nitrogen and oxygen atoms in total. The van der Waals surface area contributed by atoms with E-state index < -0.39 is 15.9 Å². The number of hydrogen-bond acceptors (Lipinski definition) is 7. The summed E-state index contributed by atoms with van der Waals surface area (Å²) in [5, 5.41) is 2.73. The zero-order chi connectivity index (χ0) is 24.1. The number of amides is 1. The molecular formula is C24H27N3O6S. The number of hydrogen-bond donors (Lipinski definition) is 2. The van der Waals surface area contributed by atoms with Crippen LogP contribution in [-0.4, -0.2) is 47.7 Å². The summed E-state index contributed by atoms with van der Waals surface area (Å²) in [5.74, 6) is 1.02. The summed E-state index contributed by atoms with van der Waals surface area (Å²) < 4.78 is 45.5. The number of sulfonamides is 1. The summed E-state index contributed by atoms with van der Waals surface area (Å²) in [6.45, 7) is 4.05. The minimum Gasteiger partial charge on any atom is -0.497 e. The molecule has 0 bridgehead atoms. The van der Waals surface area contributed by atoms with Gasteiger partial charge in [-0.25, -0.2) is 8.42 Å². The summed E-state index contributed by atoms with van der Waals surface area (Å²) in [5.41, 5.74) is 1.27. The molecule has 1 aromatic heterocycles. The monoisotopic (exact) mass is 485 g/mol. The van der Waals surface area contributed by atoms with Crippen molar-refractivity contribution in [2.45, 2.75) is 18.2 Å². The number of carbonyl (C=O) groups excluding carboxylic acids is 1. The predicted molar refractivity (Wildman–Crippen MR) is 129 cm³/mol.